The van der Waals surface area contributed by atoms with Gasteiger partial charge in [0.15, 0.2) is 0 Å². The fourth-order valence-corrected chi connectivity index (χ4v) is 2.15. The van der Waals surface area contributed by atoms with E-state index in [-0.39, 0.29) is 23.0 Å². The van der Waals surface area contributed by atoms with Crippen LogP contribution in [0.2, 0.25) is 5.02 Å². The molecular weight excluding hydrogens is 287 g/mol. The summed E-state index contributed by atoms with van der Waals surface area (Å²) in [6.07, 6.45) is 0.209. The number of halogens is 4. The van der Waals surface area contributed by atoms with Crippen LogP contribution in [0.5, 0.6) is 0 Å². The Hall–Kier alpha value is -1.52. The van der Waals surface area contributed by atoms with E-state index in [1.807, 2.05) is 0 Å². The van der Waals surface area contributed by atoms with Crippen LogP contribution >= 0.6 is 11.6 Å². The predicted molar refractivity (Wildman–Crippen MR) is 73.3 cm³/mol. The number of nitrogens with one attached hydrogen (secondary N) is 1. The van der Waals surface area contributed by atoms with Crippen molar-refractivity contribution in [2.45, 2.75) is 12.5 Å². The van der Waals surface area contributed by atoms with Crippen LogP contribution in [0, 0.1) is 17.5 Å². The van der Waals surface area contributed by atoms with Crippen LogP contribution in [0.1, 0.15) is 17.2 Å². The quantitative estimate of drug-likeness (QED) is 0.889. The number of rotatable bonds is 4. The summed E-state index contributed by atoms with van der Waals surface area (Å²) < 4.78 is 40.3. The lowest BCUT2D eigenvalue weighted by molar-refractivity contribution is 0.540. The lowest BCUT2D eigenvalue weighted by Gasteiger charge is -2.17. The molecule has 0 aliphatic carbocycles. The van der Waals surface area contributed by atoms with Crippen LogP contribution in [0.4, 0.5) is 13.2 Å². The molecule has 2 aromatic rings. The molecule has 5 heteroatoms. The van der Waals surface area contributed by atoms with Gasteiger partial charge in [-0.15, -0.1) is 0 Å². The average Bonchev–Trinajstić information content (AvgIpc) is 2.43. The third kappa shape index (κ3) is 3.32. The van der Waals surface area contributed by atoms with Gasteiger partial charge in [0, 0.05) is 6.04 Å². The Balaban J connectivity index is 2.28. The van der Waals surface area contributed by atoms with Crippen LogP contribution in [0.3, 0.4) is 0 Å². The van der Waals surface area contributed by atoms with Gasteiger partial charge >= 0.3 is 0 Å². The average molecular weight is 300 g/mol. The van der Waals surface area contributed by atoms with Gasteiger partial charge in [0.05, 0.1) is 5.02 Å². The van der Waals surface area contributed by atoms with Gasteiger partial charge in [-0.2, -0.15) is 0 Å². The Bertz CT molecular complexity index is 616. The molecule has 0 radical (unpaired) electrons. The third-order valence-electron chi connectivity index (χ3n) is 3.13. The normalized spacial score (nSPS) is 12.4. The molecule has 0 aliphatic heterocycles. The Labute approximate surface area is 120 Å². The van der Waals surface area contributed by atoms with Crippen LogP contribution in [-0.2, 0) is 6.42 Å². The minimum atomic E-state index is -0.538. The number of likely N-dealkylation sites (N-methyl/N-ethyl adjacent to an activating group) is 1. The van der Waals surface area contributed by atoms with E-state index in [2.05, 4.69) is 5.32 Å². The SMILES string of the molecule is CNC(Cc1cc(F)ccc1F)c1ccc(Cl)c(F)c1. The van der Waals surface area contributed by atoms with E-state index in [1.165, 1.54) is 12.1 Å². The van der Waals surface area contributed by atoms with E-state index in [9.17, 15) is 13.2 Å². The van der Waals surface area contributed by atoms with Gasteiger partial charge in [0.2, 0.25) is 0 Å². The van der Waals surface area contributed by atoms with Crippen LogP contribution in [0.25, 0.3) is 0 Å². The van der Waals surface area contributed by atoms with Gasteiger partial charge in [-0.1, -0.05) is 17.7 Å². The molecule has 0 fully saturated rings. The second kappa shape index (κ2) is 6.29. The van der Waals surface area contributed by atoms with Crippen molar-refractivity contribution < 1.29 is 13.2 Å². The summed E-state index contributed by atoms with van der Waals surface area (Å²) in [5, 5.41) is 2.99. The Morgan fingerprint density at radius 1 is 1.05 bits per heavy atom. The summed E-state index contributed by atoms with van der Waals surface area (Å²) in [4.78, 5) is 0. The number of hydrogen-bond donors (Lipinski definition) is 1. The second-order valence-corrected chi connectivity index (χ2v) is 4.86. The van der Waals surface area contributed by atoms with Gasteiger partial charge in [0.25, 0.3) is 0 Å². The highest BCUT2D eigenvalue weighted by atomic mass is 35.5. The first-order valence-electron chi connectivity index (χ1n) is 6.07. The first-order valence-corrected chi connectivity index (χ1v) is 6.45. The molecule has 1 nitrogen and oxygen atoms in total. The first kappa shape index (κ1) is 14.9. The zero-order chi connectivity index (χ0) is 14.7. The van der Waals surface area contributed by atoms with E-state index < -0.39 is 17.5 Å². The molecule has 0 amide bonds. The number of hydrogen-bond acceptors (Lipinski definition) is 1. The molecule has 20 heavy (non-hydrogen) atoms. The van der Waals surface area contributed by atoms with E-state index in [1.54, 1.807) is 13.1 Å². The van der Waals surface area contributed by atoms with Gasteiger partial charge < -0.3 is 5.32 Å². The van der Waals surface area contributed by atoms with E-state index in [4.69, 9.17) is 11.6 Å². The largest absolute Gasteiger partial charge is 0.313 e. The molecule has 1 unspecified atom stereocenters. The maximum Gasteiger partial charge on any atom is 0.142 e. The lowest BCUT2D eigenvalue weighted by atomic mass is 9.98. The van der Waals surface area contributed by atoms with Crippen molar-refractivity contribution in [3.63, 3.8) is 0 Å². The molecule has 1 atom stereocenters. The molecule has 0 aliphatic rings. The monoisotopic (exact) mass is 299 g/mol. The molecule has 0 aromatic heterocycles. The molecule has 0 heterocycles. The van der Waals surface area contributed by atoms with Crippen molar-refractivity contribution in [3.05, 3.63) is 70.0 Å². The Morgan fingerprint density at radius 2 is 1.80 bits per heavy atom. The molecule has 106 valence electrons. The van der Waals surface area contributed by atoms with E-state index in [0.29, 0.717) is 5.56 Å². The molecule has 0 bridgehead atoms. The summed E-state index contributed by atoms with van der Waals surface area (Å²) in [6.45, 7) is 0. The minimum absolute atomic E-state index is 0.0283. The van der Waals surface area contributed by atoms with Gasteiger partial charge in [0.1, 0.15) is 17.5 Å². The van der Waals surface area contributed by atoms with Crippen molar-refractivity contribution in [1.29, 1.82) is 0 Å². The molecule has 0 saturated heterocycles. The van der Waals surface area contributed by atoms with Gasteiger partial charge in [-0.25, -0.2) is 13.2 Å². The molecule has 2 aromatic carbocycles. The van der Waals surface area contributed by atoms with Gasteiger partial charge in [-0.3, -0.25) is 0 Å². The standard InChI is InChI=1S/C15H13ClF3N/c1-20-15(9-2-4-12(16)14(19)7-9)8-10-6-11(17)3-5-13(10)18/h2-7,15,20H,8H2,1H3. The Morgan fingerprint density at radius 3 is 2.45 bits per heavy atom. The van der Waals surface area contributed by atoms with Crippen molar-refractivity contribution in [2.24, 2.45) is 0 Å². The fraction of sp³-hybridized carbons (Fsp3) is 0.200. The fourth-order valence-electron chi connectivity index (χ4n) is 2.04. The smallest absolute Gasteiger partial charge is 0.142 e. The first-order chi connectivity index (χ1) is 9.51. The summed E-state index contributed by atoms with van der Waals surface area (Å²) >= 11 is 5.63. The predicted octanol–water partition coefficient (Wildman–Crippen LogP) is 4.26. The highest BCUT2D eigenvalue weighted by Gasteiger charge is 2.15. The van der Waals surface area contributed by atoms with E-state index in [0.717, 1.165) is 18.2 Å². The summed E-state index contributed by atoms with van der Waals surface area (Å²) in [5.41, 5.74) is 0.859. The number of benzene rings is 2. The maximum absolute atomic E-state index is 13.6. The summed E-state index contributed by atoms with van der Waals surface area (Å²) in [7, 11) is 1.67. The summed E-state index contributed by atoms with van der Waals surface area (Å²) in [5.74, 6) is -1.52. The zero-order valence-electron chi connectivity index (χ0n) is 10.8. The molecule has 1 N–H and O–H groups in total. The minimum Gasteiger partial charge on any atom is -0.313 e. The van der Waals surface area contributed by atoms with Crippen LogP contribution in [-0.4, -0.2) is 7.05 Å². The molecule has 2 rings (SSSR count). The van der Waals surface area contributed by atoms with Crippen molar-refractivity contribution in [2.75, 3.05) is 7.05 Å². The van der Waals surface area contributed by atoms with Gasteiger partial charge in [-0.05, 0) is 54.9 Å². The van der Waals surface area contributed by atoms with Crippen molar-refractivity contribution >= 4 is 11.6 Å². The highest BCUT2D eigenvalue weighted by molar-refractivity contribution is 6.30. The maximum atomic E-state index is 13.6. The zero-order valence-corrected chi connectivity index (χ0v) is 11.5. The van der Waals surface area contributed by atoms with E-state index >= 15 is 0 Å². The van der Waals surface area contributed by atoms with Crippen molar-refractivity contribution in [3.8, 4) is 0 Å². The molecule has 0 spiro atoms. The second-order valence-electron chi connectivity index (χ2n) is 4.45. The van der Waals surface area contributed by atoms with Crippen LogP contribution in [0.15, 0.2) is 36.4 Å². The summed E-state index contributed by atoms with van der Waals surface area (Å²) in [6, 6.07) is 7.35. The van der Waals surface area contributed by atoms with Crippen LogP contribution < -0.4 is 5.32 Å². The van der Waals surface area contributed by atoms with Crippen molar-refractivity contribution in [1.82, 2.24) is 5.32 Å². The Kier molecular flexibility index (Phi) is 4.68. The molecule has 0 saturated carbocycles. The highest BCUT2D eigenvalue weighted by Crippen LogP contribution is 2.24. The molecular formula is C15H13ClF3N. The third-order valence-corrected chi connectivity index (χ3v) is 3.43. The topological polar surface area (TPSA) is 12.0 Å². The lowest BCUT2D eigenvalue weighted by Crippen LogP contribution is -2.19.